The summed E-state index contributed by atoms with van der Waals surface area (Å²) in [6, 6.07) is 0. The van der Waals surface area contributed by atoms with Crippen LogP contribution in [0.5, 0.6) is 0 Å². The molecule has 1 aliphatic rings. The number of ether oxygens (including phenoxy) is 1. The molecule has 0 bridgehead atoms. The van der Waals surface area contributed by atoms with Gasteiger partial charge in [0.15, 0.2) is 0 Å². The molecule has 2 heteroatoms. The minimum atomic E-state index is 0.888. The fourth-order valence-electron chi connectivity index (χ4n) is 1.98. The van der Waals surface area contributed by atoms with E-state index in [1.54, 1.807) is 7.11 Å². The lowest BCUT2D eigenvalue weighted by Crippen LogP contribution is -2.24. The van der Waals surface area contributed by atoms with E-state index < -0.39 is 0 Å². The van der Waals surface area contributed by atoms with Crippen LogP contribution in [0.2, 0.25) is 0 Å². The van der Waals surface area contributed by atoms with Gasteiger partial charge in [0, 0.05) is 20.2 Å². The molecule has 1 unspecified atom stereocenters. The fourth-order valence-corrected chi connectivity index (χ4v) is 1.98. The molecule has 1 heterocycles. The molecule has 1 aliphatic heterocycles. The number of likely N-dealkylation sites (tertiary alicyclic amines) is 1. The van der Waals surface area contributed by atoms with Crippen molar-refractivity contribution in [1.82, 2.24) is 4.90 Å². The van der Waals surface area contributed by atoms with Gasteiger partial charge in [-0.25, -0.2) is 0 Å². The van der Waals surface area contributed by atoms with Crippen LogP contribution in [0, 0.1) is 5.92 Å². The smallest absolute Gasteiger partial charge is 0.0589 e. The van der Waals surface area contributed by atoms with Gasteiger partial charge in [0.05, 0.1) is 6.61 Å². The molecule has 1 atom stereocenters. The van der Waals surface area contributed by atoms with Crippen molar-refractivity contribution in [3.05, 3.63) is 0 Å². The summed E-state index contributed by atoms with van der Waals surface area (Å²) in [4.78, 5) is 2.52. The van der Waals surface area contributed by atoms with Crippen molar-refractivity contribution in [2.24, 2.45) is 5.92 Å². The first-order valence-corrected chi connectivity index (χ1v) is 5.08. The van der Waals surface area contributed by atoms with E-state index in [0.717, 1.165) is 19.1 Å². The molecule has 0 amide bonds. The molecule has 1 fully saturated rings. The van der Waals surface area contributed by atoms with Crippen molar-refractivity contribution in [3.63, 3.8) is 0 Å². The Kier molecular flexibility index (Phi) is 4.62. The van der Waals surface area contributed by atoms with E-state index >= 15 is 0 Å². The molecule has 0 aromatic carbocycles. The highest BCUT2D eigenvalue weighted by Crippen LogP contribution is 2.20. The van der Waals surface area contributed by atoms with Gasteiger partial charge in [-0.2, -0.15) is 0 Å². The van der Waals surface area contributed by atoms with Crippen LogP contribution in [-0.4, -0.2) is 38.3 Å². The van der Waals surface area contributed by atoms with E-state index in [1.165, 1.54) is 32.4 Å². The third-order valence-electron chi connectivity index (χ3n) is 2.68. The van der Waals surface area contributed by atoms with Crippen LogP contribution in [0.25, 0.3) is 0 Å². The lowest BCUT2D eigenvalue weighted by molar-refractivity contribution is 0.158. The third kappa shape index (κ3) is 3.11. The van der Waals surface area contributed by atoms with Gasteiger partial charge in [-0.15, -0.1) is 0 Å². The molecular weight excluding hydrogens is 150 g/mol. The first-order valence-electron chi connectivity index (χ1n) is 5.08. The van der Waals surface area contributed by atoms with E-state index in [-0.39, 0.29) is 0 Å². The van der Waals surface area contributed by atoms with Crippen molar-refractivity contribution in [2.45, 2.75) is 26.2 Å². The molecule has 0 aromatic heterocycles. The first kappa shape index (κ1) is 10.0. The first-order chi connectivity index (χ1) is 5.86. The van der Waals surface area contributed by atoms with Crippen LogP contribution in [0.3, 0.4) is 0 Å². The topological polar surface area (TPSA) is 12.5 Å². The fraction of sp³-hybridized carbons (Fsp3) is 1.00. The Bertz CT molecular complexity index is 116. The predicted octanol–water partition coefficient (Wildman–Crippen LogP) is 1.75. The maximum atomic E-state index is 5.06. The minimum absolute atomic E-state index is 0.888. The summed E-state index contributed by atoms with van der Waals surface area (Å²) in [5.74, 6) is 0.965. The maximum Gasteiger partial charge on any atom is 0.0589 e. The minimum Gasteiger partial charge on any atom is -0.383 e. The SMILES string of the molecule is CCCC1CCN(CCOC)C1. The van der Waals surface area contributed by atoms with Crippen LogP contribution < -0.4 is 0 Å². The Hall–Kier alpha value is -0.0800. The van der Waals surface area contributed by atoms with Crippen molar-refractivity contribution in [2.75, 3.05) is 33.4 Å². The lowest BCUT2D eigenvalue weighted by atomic mass is 10.0. The van der Waals surface area contributed by atoms with Gasteiger partial charge in [0.2, 0.25) is 0 Å². The van der Waals surface area contributed by atoms with Gasteiger partial charge >= 0.3 is 0 Å². The number of hydrogen-bond donors (Lipinski definition) is 0. The lowest BCUT2D eigenvalue weighted by Gasteiger charge is -2.14. The Morgan fingerprint density at radius 2 is 2.33 bits per heavy atom. The van der Waals surface area contributed by atoms with Gasteiger partial charge < -0.3 is 9.64 Å². The monoisotopic (exact) mass is 171 g/mol. The normalized spacial score (nSPS) is 25.0. The van der Waals surface area contributed by atoms with Crippen LogP contribution in [0.1, 0.15) is 26.2 Å². The molecule has 0 radical (unpaired) electrons. The summed E-state index contributed by atoms with van der Waals surface area (Å²) in [6.45, 7) is 6.87. The standard InChI is InChI=1S/C10H21NO/c1-3-4-10-5-6-11(9-10)7-8-12-2/h10H,3-9H2,1-2H3. The van der Waals surface area contributed by atoms with Gasteiger partial charge in [0.25, 0.3) is 0 Å². The van der Waals surface area contributed by atoms with Gasteiger partial charge in [-0.1, -0.05) is 13.3 Å². The molecule has 1 rings (SSSR count). The Balaban J connectivity index is 2.08. The summed E-state index contributed by atoms with van der Waals surface area (Å²) in [6.07, 6.45) is 4.14. The Morgan fingerprint density at radius 3 is 3.00 bits per heavy atom. The van der Waals surface area contributed by atoms with Crippen LogP contribution in [0.15, 0.2) is 0 Å². The zero-order valence-corrected chi connectivity index (χ0v) is 8.38. The van der Waals surface area contributed by atoms with Crippen molar-refractivity contribution >= 4 is 0 Å². The average molecular weight is 171 g/mol. The van der Waals surface area contributed by atoms with E-state index in [9.17, 15) is 0 Å². The van der Waals surface area contributed by atoms with Gasteiger partial charge in [-0.05, 0) is 25.3 Å². The predicted molar refractivity (Wildman–Crippen MR) is 51.3 cm³/mol. The maximum absolute atomic E-state index is 5.06. The zero-order valence-electron chi connectivity index (χ0n) is 8.38. The quantitative estimate of drug-likeness (QED) is 0.625. The van der Waals surface area contributed by atoms with Crippen LogP contribution in [-0.2, 0) is 4.74 Å². The second kappa shape index (κ2) is 5.55. The number of hydrogen-bond acceptors (Lipinski definition) is 2. The molecular formula is C10H21NO. The van der Waals surface area contributed by atoms with Gasteiger partial charge in [0.1, 0.15) is 0 Å². The summed E-state index contributed by atoms with van der Waals surface area (Å²) in [5, 5.41) is 0. The molecule has 1 saturated heterocycles. The molecule has 0 spiro atoms. The van der Waals surface area contributed by atoms with Crippen LogP contribution >= 0.6 is 0 Å². The summed E-state index contributed by atoms with van der Waals surface area (Å²) < 4.78 is 5.06. The number of methoxy groups -OCH3 is 1. The summed E-state index contributed by atoms with van der Waals surface area (Å²) in [7, 11) is 1.78. The highest BCUT2D eigenvalue weighted by molar-refractivity contribution is 4.74. The zero-order chi connectivity index (χ0) is 8.81. The van der Waals surface area contributed by atoms with Crippen molar-refractivity contribution < 1.29 is 4.74 Å². The van der Waals surface area contributed by atoms with Crippen molar-refractivity contribution in [1.29, 1.82) is 0 Å². The molecule has 72 valence electrons. The number of rotatable bonds is 5. The van der Waals surface area contributed by atoms with Gasteiger partial charge in [-0.3, -0.25) is 0 Å². The highest BCUT2D eigenvalue weighted by Gasteiger charge is 2.20. The molecule has 0 saturated carbocycles. The summed E-state index contributed by atoms with van der Waals surface area (Å²) >= 11 is 0. The van der Waals surface area contributed by atoms with Crippen LogP contribution in [0.4, 0.5) is 0 Å². The molecule has 12 heavy (non-hydrogen) atoms. The van der Waals surface area contributed by atoms with E-state index in [2.05, 4.69) is 11.8 Å². The largest absolute Gasteiger partial charge is 0.383 e. The summed E-state index contributed by atoms with van der Waals surface area (Å²) in [5.41, 5.74) is 0. The third-order valence-corrected chi connectivity index (χ3v) is 2.68. The Morgan fingerprint density at radius 1 is 1.50 bits per heavy atom. The number of nitrogens with zero attached hydrogens (tertiary/aromatic N) is 1. The molecule has 0 aromatic rings. The molecule has 2 nitrogen and oxygen atoms in total. The van der Waals surface area contributed by atoms with Crippen molar-refractivity contribution in [3.8, 4) is 0 Å². The highest BCUT2D eigenvalue weighted by atomic mass is 16.5. The van der Waals surface area contributed by atoms with E-state index in [1.807, 2.05) is 0 Å². The second-order valence-corrected chi connectivity index (χ2v) is 3.74. The Labute approximate surface area is 75.9 Å². The average Bonchev–Trinajstić information content (AvgIpc) is 2.50. The molecule has 0 aliphatic carbocycles. The second-order valence-electron chi connectivity index (χ2n) is 3.74. The molecule has 0 N–H and O–H groups in total. The van der Waals surface area contributed by atoms with E-state index in [4.69, 9.17) is 4.74 Å². The van der Waals surface area contributed by atoms with E-state index in [0.29, 0.717) is 0 Å².